The van der Waals surface area contributed by atoms with Crippen LogP contribution in [0.2, 0.25) is 5.02 Å². The Balaban J connectivity index is 1.13. The van der Waals surface area contributed by atoms with Crippen LogP contribution in [0.15, 0.2) is 30.6 Å². The minimum atomic E-state index is -0.993. The second-order valence-electron chi connectivity index (χ2n) is 13.4. The highest BCUT2D eigenvalue weighted by Gasteiger charge is 2.51. The van der Waals surface area contributed by atoms with Gasteiger partial charge in [0, 0.05) is 38.8 Å². The van der Waals surface area contributed by atoms with Crippen molar-refractivity contribution in [1.29, 1.82) is 0 Å². The molecule has 3 aromatic rings. The van der Waals surface area contributed by atoms with Gasteiger partial charge < -0.3 is 20.1 Å². The van der Waals surface area contributed by atoms with Crippen LogP contribution >= 0.6 is 11.6 Å². The number of carbonyl (C=O) groups is 1. The van der Waals surface area contributed by atoms with Crippen molar-refractivity contribution in [1.82, 2.24) is 24.2 Å². The van der Waals surface area contributed by atoms with Crippen molar-refractivity contribution >= 4 is 23.2 Å². The van der Waals surface area contributed by atoms with Crippen molar-refractivity contribution in [3.63, 3.8) is 0 Å². The average molecular weight is 623 g/mol. The molecule has 1 amide bonds. The van der Waals surface area contributed by atoms with E-state index in [2.05, 4.69) is 46.0 Å². The maximum atomic E-state index is 13.6. The van der Waals surface area contributed by atoms with E-state index in [9.17, 15) is 19.4 Å². The van der Waals surface area contributed by atoms with Gasteiger partial charge in [-0.15, -0.1) is 0 Å². The predicted molar refractivity (Wildman–Crippen MR) is 166 cm³/mol. The number of hydrogen-bond donors (Lipinski definition) is 3. The number of anilines is 1. The number of aryl methyl sites for hydroxylation is 2. The predicted octanol–water partition coefficient (Wildman–Crippen LogP) is 4.58. The van der Waals surface area contributed by atoms with E-state index >= 15 is 0 Å². The maximum Gasteiger partial charge on any atom is 0.274 e. The minimum Gasteiger partial charge on any atom is -0.393 e. The second kappa shape index (κ2) is 11.6. The third kappa shape index (κ3) is 5.91. The summed E-state index contributed by atoms with van der Waals surface area (Å²) in [4.78, 5) is 20.2. The first-order valence-electron chi connectivity index (χ1n) is 15.3. The van der Waals surface area contributed by atoms with Crippen LogP contribution in [0.4, 0.5) is 10.1 Å². The molecule has 2 aliphatic carbocycles. The summed E-state index contributed by atoms with van der Waals surface area (Å²) in [5.41, 5.74) is 1.72. The summed E-state index contributed by atoms with van der Waals surface area (Å²) in [6, 6.07) is 6.02. The van der Waals surface area contributed by atoms with Gasteiger partial charge in [-0.25, -0.2) is 9.37 Å². The first-order chi connectivity index (χ1) is 20.8. The summed E-state index contributed by atoms with van der Waals surface area (Å²) in [5.74, 6) is 6.43. The van der Waals surface area contributed by atoms with E-state index in [0.29, 0.717) is 29.9 Å². The Morgan fingerprint density at radius 3 is 2.50 bits per heavy atom. The van der Waals surface area contributed by atoms with Crippen LogP contribution in [0.1, 0.15) is 85.9 Å². The molecule has 3 aliphatic rings. The Labute approximate surface area is 262 Å². The number of piperidine rings is 1. The molecule has 1 aromatic carbocycles. The van der Waals surface area contributed by atoms with Crippen molar-refractivity contribution in [2.24, 2.45) is 25.9 Å². The first-order valence-corrected chi connectivity index (χ1v) is 15.7. The van der Waals surface area contributed by atoms with Crippen LogP contribution in [0.3, 0.4) is 0 Å². The highest BCUT2D eigenvalue weighted by molar-refractivity contribution is 6.31. The number of likely N-dealkylation sites (tertiary alicyclic amines) is 1. The van der Waals surface area contributed by atoms with Crippen LogP contribution in [-0.4, -0.2) is 65.1 Å². The summed E-state index contributed by atoms with van der Waals surface area (Å²) in [6.45, 7) is 5.82. The van der Waals surface area contributed by atoms with Crippen LogP contribution in [0.25, 0.3) is 0 Å². The summed E-state index contributed by atoms with van der Waals surface area (Å²) < 4.78 is 17.1. The van der Waals surface area contributed by atoms with Gasteiger partial charge in [0.25, 0.3) is 5.91 Å². The SMILES string of the molecule is Cn1cnc(C2CC3CC(O)(c4cc(C#CC(C)(C)N5CCC(O)CC5)nn4C)CC3C2)c1C(=O)Nc1ccc(F)c(Cl)c1. The summed E-state index contributed by atoms with van der Waals surface area (Å²) in [6.07, 6.45) is 5.83. The molecule has 0 radical (unpaired) electrons. The lowest BCUT2D eigenvalue weighted by Gasteiger charge is -2.38. The third-order valence-corrected chi connectivity index (χ3v) is 10.2. The van der Waals surface area contributed by atoms with Crippen molar-refractivity contribution < 1.29 is 19.4 Å². The van der Waals surface area contributed by atoms with Crippen molar-refractivity contribution in [3.8, 4) is 11.8 Å². The molecular weight excluding hydrogens is 583 g/mol. The zero-order chi connectivity index (χ0) is 31.4. The third-order valence-electron chi connectivity index (χ3n) is 9.89. The molecule has 2 aromatic heterocycles. The normalized spacial score (nSPS) is 26.0. The van der Waals surface area contributed by atoms with Crippen LogP contribution in [0.5, 0.6) is 0 Å². The molecule has 3 fully saturated rings. The lowest BCUT2D eigenvalue weighted by Crippen LogP contribution is -2.48. The summed E-state index contributed by atoms with van der Waals surface area (Å²) in [5, 5.41) is 29.1. The zero-order valence-electron chi connectivity index (χ0n) is 25.6. The first kappa shape index (κ1) is 30.8. The Bertz CT molecular complexity index is 1620. The lowest BCUT2D eigenvalue weighted by atomic mass is 9.90. The second-order valence-corrected chi connectivity index (χ2v) is 13.8. The van der Waals surface area contributed by atoms with Crippen LogP contribution in [0, 0.1) is 29.5 Å². The number of nitrogens with one attached hydrogen (secondary N) is 1. The fourth-order valence-electron chi connectivity index (χ4n) is 7.57. The molecule has 2 saturated carbocycles. The smallest absolute Gasteiger partial charge is 0.274 e. The molecular formula is C33H40ClFN6O3. The van der Waals surface area contributed by atoms with Gasteiger partial charge in [-0.3, -0.25) is 14.4 Å². The number of aromatic nitrogens is 4. The molecule has 1 saturated heterocycles. The molecule has 0 bridgehead atoms. The van der Waals surface area contributed by atoms with Gasteiger partial charge in [-0.2, -0.15) is 5.10 Å². The molecule has 234 valence electrons. The standard InChI is InChI=1S/C33H40ClFN6O3/c1-32(2,41-11-8-25(42)9-12-41)10-7-24-16-28(40(4)38-24)33(44)17-21-13-20(14-22(21)18-33)29-30(39(3)19-36-29)31(43)37-23-5-6-27(35)26(34)15-23/h5-6,15-16,19-22,25,42,44H,8-9,11-14,17-18H2,1-4H3,(H,37,43). The van der Waals surface area contributed by atoms with E-state index in [0.717, 1.165) is 50.2 Å². The Hall–Kier alpha value is -3.23. The molecule has 2 atom stereocenters. The quantitative estimate of drug-likeness (QED) is 0.360. The molecule has 1 aliphatic heterocycles. The molecule has 3 N–H and O–H groups in total. The molecule has 11 heteroatoms. The number of fused-ring (bicyclic) bond motifs is 1. The topological polar surface area (TPSA) is 108 Å². The van der Waals surface area contributed by atoms with Gasteiger partial charge in [0.1, 0.15) is 22.8 Å². The monoisotopic (exact) mass is 622 g/mol. The van der Waals surface area contributed by atoms with Crippen LogP contribution in [-0.2, 0) is 19.7 Å². The van der Waals surface area contributed by atoms with Gasteiger partial charge in [0.05, 0.1) is 34.4 Å². The molecule has 9 nitrogen and oxygen atoms in total. The number of aliphatic hydroxyl groups excluding tert-OH is 1. The van der Waals surface area contributed by atoms with Crippen LogP contribution < -0.4 is 5.32 Å². The largest absolute Gasteiger partial charge is 0.393 e. The molecule has 3 heterocycles. The Morgan fingerprint density at radius 2 is 1.84 bits per heavy atom. The van der Waals surface area contributed by atoms with Gasteiger partial charge in [-0.1, -0.05) is 17.5 Å². The Morgan fingerprint density at radius 1 is 1.16 bits per heavy atom. The van der Waals surface area contributed by atoms with Crippen molar-refractivity contribution in [2.75, 3.05) is 18.4 Å². The fraction of sp³-hybridized carbons (Fsp3) is 0.545. The van der Waals surface area contributed by atoms with Gasteiger partial charge in [0.2, 0.25) is 0 Å². The average Bonchev–Trinajstić information content (AvgIpc) is 3.71. The van der Waals surface area contributed by atoms with Crippen molar-refractivity contribution in [3.05, 3.63) is 64.2 Å². The Kier molecular flexibility index (Phi) is 8.12. The summed E-state index contributed by atoms with van der Waals surface area (Å²) >= 11 is 5.90. The number of nitrogens with zero attached hydrogens (tertiary/aromatic N) is 5. The molecule has 2 unspecified atom stereocenters. The number of hydrogen-bond acceptors (Lipinski definition) is 6. The highest BCUT2D eigenvalue weighted by Crippen LogP contribution is 2.56. The number of halogens is 2. The minimum absolute atomic E-state index is 0.0560. The van der Waals surface area contributed by atoms with E-state index < -0.39 is 11.4 Å². The molecule has 44 heavy (non-hydrogen) atoms. The van der Waals surface area contributed by atoms with Gasteiger partial charge in [0.15, 0.2) is 0 Å². The molecule has 0 spiro atoms. The fourth-order valence-corrected chi connectivity index (χ4v) is 7.75. The highest BCUT2D eigenvalue weighted by atomic mass is 35.5. The number of benzene rings is 1. The van der Waals surface area contributed by atoms with E-state index in [1.165, 1.54) is 18.2 Å². The van der Waals surface area contributed by atoms with E-state index in [-0.39, 0.29) is 40.3 Å². The van der Waals surface area contributed by atoms with E-state index in [1.54, 1.807) is 22.6 Å². The summed E-state index contributed by atoms with van der Waals surface area (Å²) in [7, 11) is 3.65. The van der Waals surface area contributed by atoms with Crippen molar-refractivity contribution in [2.45, 2.75) is 75.5 Å². The number of imidazole rings is 1. The van der Waals surface area contributed by atoms with E-state index in [4.69, 9.17) is 11.6 Å². The van der Waals surface area contributed by atoms with E-state index in [1.807, 2.05) is 13.1 Å². The number of rotatable bonds is 5. The number of aliphatic hydroxyl groups is 2. The number of carbonyl (C=O) groups excluding carboxylic acids is 1. The number of amides is 1. The molecule has 6 rings (SSSR count). The zero-order valence-corrected chi connectivity index (χ0v) is 26.4. The lowest BCUT2D eigenvalue weighted by molar-refractivity contribution is 0.0263. The van der Waals surface area contributed by atoms with Gasteiger partial charge >= 0.3 is 0 Å². The van der Waals surface area contributed by atoms with Gasteiger partial charge in [-0.05, 0) is 94.4 Å². The maximum absolute atomic E-state index is 13.6.